The summed E-state index contributed by atoms with van der Waals surface area (Å²) in [5, 5.41) is 2.56. The van der Waals surface area contributed by atoms with Gasteiger partial charge in [0.2, 0.25) is 5.91 Å². The molecule has 1 aliphatic rings. The van der Waals surface area contributed by atoms with Gasteiger partial charge < -0.3 is 5.32 Å². The molecule has 1 heterocycles. The summed E-state index contributed by atoms with van der Waals surface area (Å²) in [7, 11) is 0. The molecule has 2 amide bonds. The fraction of sp³-hybridized carbons (Fsp3) is 0.0909. The van der Waals surface area contributed by atoms with Gasteiger partial charge in [0, 0.05) is 0 Å². The van der Waals surface area contributed by atoms with Crippen molar-refractivity contribution in [2.45, 2.75) is 12.0 Å². The van der Waals surface area contributed by atoms with Crippen LogP contribution in [0.4, 0.5) is 20.2 Å². The van der Waals surface area contributed by atoms with E-state index in [1.807, 2.05) is 0 Å². The van der Waals surface area contributed by atoms with Crippen molar-refractivity contribution < 1.29 is 18.4 Å². The first kappa shape index (κ1) is 17.9. The van der Waals surface area contributed by atoms with Gasteiger partial charge >= 0.3 is 0 Å². The van der Waals surface area contributed by atoms with Gasteiger partial charge in [-0.3, -0.25) is 14.5 Å². The maximum absolute atomic E-state index is 14.5. The summed E-state index contributed by atoms with van der Waals surface area (Å²) in [6.07, 6.45) is -0.147. The van der Waals surface area contributed by atoms with Gasteiger partial charge in [-0.25, -0.2) is 8.78 Å². The van der Waals surface area contributed by atoms with Crippen LogP contribution in [0.1, 0.15) is 12.0 Å². The minimum Gasteiger partial charge on any atom is -0.321 e. The Balaban J connectivity index is 1.82. The van der Waals surface area contributed by atoms with E-state index in [4.69, 9.17) is 0 Å². The molecule has 4 nitrogen and oxygen atoms in total. The number of para-hydroxylation sites is 2. The van der Waals surface area contributed by atoms with Gasteiger partial charge in [0.15, 0.2) is 5.54 Å². The van der Waals surface area contributed by atoms with Crippen LogP contribution in [-0.2, 0) is 15.1 Å². The highest BCUT2D eigenvalue weighted by molar-refractivity contribution is 6.17. The van der Waals surface area contributed by atoms with Crippen LogP contribution in [0.2, 0.25) is 0 Å². The lowest BCUT2D eigenvalue weighted by Gasteiger charge is -2.50. The Morgan fingerprint density at radius 3 is 2.11 bits per heavy atom. The fourth-order valence-electron chi connectivity index (χ4n) is 3.52. The van der Waals surface area contributed by atoms with Crippen LogP contribution in [0.3, 0.4) is 0 Å². The normalized spacial score (nSPS) is 18.5. The van der Waals surface area contributed by atoms with E-state index in [0.717, 1.165) is 4.90 Å². The maximum Gasteiger partial charge on any atom is 0.256 e. The summed E-state index contributed by atoms with van der Waals surface area (Å²) in [6.45, 7) is 0. The predicted molar refractivity (Wildman–Crippen MR) is 102 cm³/mol. The van der Waals surface area contributed by atoms with Gasteiger partial charge in [0.1, 0.15) is 11.6 Å². The monoisotopic (exact) mass is 378 g/mol. The van der Waals surface area contributed by atoms with Crippen molar-refractivity contribution in [3.05, 3.63) is 96.1 Å². The lowest BCUT2D eigenvalue weighted by atomic mass is 9.76. The minimum absolute atomic E-state index is 0.00404. The molecule has 28 heavy (non-hydrogen) atoms. The second kappa shape index (κ2) is 6.88. The van der Waals surface area contributed by atoms with E-state index in [2.05, 4.69) is 5.32 Å². The van der Waals surface area contributed by atoms with Gasteiger partial charge in [-0.05, 0) is 29.8 Å². The molecule has 1 unspecified atom stereocenters. The molecular weight excluding hydrogens is 362 g/mol. The number of β-lactam (4-membered cyclic amide) rings is 1. The second-order valence-electron chi connectivity index (χ2n) is 6.52. The summed E-state index contributed by atoms with van der Waals surface area (Å²) in [4.78, 5) is 27.0. The SMILES string of the molecule is O=C1CC(C(=O)Nc2ccccc2F)(c2ccccc2)N1c1ccccc1F. The van der Waals surface area contributed by atoms with Crippen LogP contribution < -0.4 is 10.2 Å². The van der Waals surface area contributed by atoms with Crippen LogP contribution in [0, 0.1) is 11.6 Å². The Morgan fingerprint density at radius 2 is 1.46 bits per heavy atom. The Hall–Kier alpha value is -3.54. The molecule has 0 bridgehead atoms. The number of nitrogens with one attached hydrogen (secondary N) is 1. The third-order valence-corrected chi connectivity index (χ3v) is 4.88. The number of carbonyl (C=O) groups excluding carboxylic acids is 2. The highest BCUT2D eigenvalue weighted by atomic mass is 19.1. The molecular formula is C22H16F2N2O2. The molecule has 1 fully saturated rings. The van der Waals surface area contributed by atoms with E-state index in [-0.39, 0.29) is 17.8 Å². The number of carbonyl (C=O) groups is 2. The molecule has 0 spiro atoms. The molecule has 4 rings (SSSR count). The smallest absolute Gasteiger partial charge is 0.256 e. The van der Waals surface area contributed by atoms with Gasteiger partial charge in [0.25, 0.3) is 5.91 Å². The highest BCUT2D eigenvalue weighted by Gasteiger charge is 2.59. The first-order valence-corrected chi connectivity index (χ1v) is 8.73. The zero-order valence-electron chi connectivity index (χ0n) is 14.7. The van der Waals surface area contributed by atoms with Crippen LogP contribution in [0.15, 0.2) is 78.9 Å². The molecule has 0 aromatic heterocycles. The first-order chi connectivity index (χ1) is 13.5. The molecule has 0 aliphatic carbocycles. The third kappa shape index (κ3) is 2.74. The van der Waals surface area contributed by atoms with E-state index in [1.54, 1.807) is 42.5 Å². The Labute approximate surface area is 160 Å². The molecule has 6 heteroatoms. The average Bonchev–Trinajstić information content (AvgIpc) is 2.70. The quantitative estimate of drug-likeness (QED) is 0.691. The van der Waals surface area contributed by atoms with Crippen LogP contribution >= 0.6 is 0 Å². The molecule has 1 aliphatic heterocycles. The van der Waals surface area contributed by atoms with Crippen molar-refractivity contribution in [1.82, 2.24) is 0 Å². The van der Waals surface area contributed by atoms with Crippen LogP contribution in [0.5, 0.6) is 0 Å². The van der Waals surface area contributed by atoms with Crippen LogP contribution in [0.25, 0.3) is 0 Å². The van der Waals surface area contributed by atoms with E-state index in [1.165, 1.54) is 36.4 Å². The lowest BCUT2D eigenvalue weighted by molar-refractivity contribution is -0.137. The number of hydrogen-bond donors (Lipinski definition) is 1. The molecule has 1 saturated heterocycles. The topological polar surface area (TPSA) is 49.4 Å². The summed E-state index contributed by atoms with van der Waals surface area (Å²) in [6, 6.07) is 20.2. The number of benzene rings is 3. The molecule has 1 N–H and O–H groups in total. The van der Waals surface area contributed by atoms with Gasteiger partial charge in [-0.2, -0.15) is 0 Å². The number of hydrogen-bond acceptors (Lipinski definition) is 2. The number of anilines is 2. The zero-order chi connectivity index (χ0) is 19.7. The number of halogens is 2. The Kier molecular flexibility index (Phi) is 4.39. The summed E-state index contributed by atoms with van der Waals surface area (Å²) < 4.78 is 28.5. The third-order valence-electron chi connectivity index (χ3n) is 4.88. The van der Waals surface area contributed by atoms with E-state index in [9.17, 15) is 18.4 Å². The Bertz CT molecular complexity index is 1060. The summed E-state index contributed by atoms with van der Waals surface area (Å²) in [5.74, 6) is -2.21. The van der Waals surface area contributed by atoms with Crippen molar-refractivity contribution in [2.24, 2.45) is 0 Å². The van der Waals surface area contributed by atoms with Crippen LogP contribution in [-0.4, -0.2) is 11.8 Å². The van der Waals surface area contributed by atoms with Crippen molar-refractivity contribution in [1.29, 1.82) is 0 Å². The van der Waals surface area contributed by atoms with Gasteiger partial charge in [-0.1, -0.05) is 54.6 Å². The summed E-state index contributed by atoms with van der Waals surface area (Å²) in [5.41, 5.74) is -0.948. The molecule has 3 aromatic carbocycles. The molecule has 0 radical (unpaired) electrons. The number of rotatable bonds is 4. The lowest BCUT2D eigenvalue weighted by Crippen LogP contribution is -2.67. The summed E-state index contributed by atoms with van der Waals surface area (Å²) >= 11 is 0. The highest BCUT2D eigenvalue weighted by Crippen LogP contribution is 2.46. The number of nitrogens with zero attached hydrogens (tertiary/aromatic N) is 1. The van der Waals surface area contributed by atoms with E-state index >= 15 is 0 Å². The molecule has 0 saturated carbocycles. The number of amides is 2. The van der Waals surface area contributed by atoms with E-state index < -0.39 is 29.0 Å². The zero-order valence-corrected chi connectivity index (χ0v) is 14.7. The largest absolute Gasteiger partial charge is 0.321 e. The Morgan fingerprint density at radius 1 is 0.857 bits per heavy atom. The minimum atomic E-state index is -1.47. The molecule has 140 valence electrons. The maximum atomic E-state index is 14.5. The molecule has 1 atom stereocenters. The molecule has 3 aromatic rings. The predicted octanol–water partition coefficient (Wildman–Crippen LogP) is 4.24. The van der Waals surface area contributed by atoms with Gasteiger partial charge in [-0.15, -0.1) is 0 Å². The fourth-order valence-corrected chi connectivity index (χ4v) is 3.52. The average molecular weight is 378 g/mol. The van der Waals surface area contributed by atoms with Crippen molar-refractivity contribution in [3.8, 4) is 0 Å². The standard InChI is InChI=1S/C22H16F2N2O2/c23-16-10-4-6-12-18(16)25-21(28)22(15-8-2-1-3-9-15)14-20(27)26(22)19-13-7-5-11-17(19)24/h1-13H,14H2,(H,25,28). The van der Waals surface area contributed by atoms with Crippen molar-refractivity contribution in [2.75, 3.05) is 10.2 Å². The van der Waals surface area contributed by atoms with Crippen molar-refractivity contribution in [3.63, 3.8) is 0 Å². The van der Waals surface area contributed by atoms with Gasteiger partial charge in [0.05, 0.1) is 17.8 Å². The second-order valence-corrected chi connectivity index (χ2v) is 6.52. The van der Waals surface area contributed by atoms with Crippen molar-refractivity contribution >= 4 is 23.2 Å². The first-order valence-electron chi connectivity index (χ1n) is 8.73. The van der Waals surface area contributed by atoms with E-state index in [0.29, 0.717) is 5.56 Å².